The van der Waals surface area contributed by atoms with Crippen molar-refractivity contribution in [2.75, 3.05) is 32.7 Å². The topological polar surface area (TPSA) is 55.8 Å². The maximum absolute atomic E-state index is 11.2. The van der Waals surface area contributed by atoms with Gasteiger partial charge in [0.15, 0.2) is 0 Å². The molecular weight excluding hydrogens is 218 g/mol. The number of hydrogen-bond donors (Lipinski definition) is 2. The van der Waals surface area contributed by atoms with E-state index in [1.165, 1.54) is 0 Å². The molecular formula is C12H23N3O2. The summed E-state index contributed by atoms with van der Waals surface area (Å²) in [5, 5.41) is 12.5. The molecule has 0 radical (unpaired) electrons. The fourth-order valence-corrected chi connectivity index (χ4v) is 3.06. The minimum atomic E-state index is -0.781. The van der Waals surface area contributed by atoms with Crippen LogP contribution in [0.15, 0.2) is 0 Å². The van der Waals surface area contributed by atoms with Crippen molar-refractivity contribution >= 4 is 6.09 Å². The van der Waals surface area contributed by atoms with E-state index in [0.717, 1.165) is 26.2 Å². The average molecular weight is 241 g/mol. The van der Waals surface area contributed by atoms with Crippen LogP contribution >= 0.6 is 0 Å². The lowest BCUT2D eigenvalue weighted by atomic mass is 9.75. The first kappa shape index (κ1) is 12.6. The molecule has 2 aliphatic rings. The molecule has 1 amide bonds. The monoisotopic (exact) mass is 241 g/mol. The minimum absolute atomic E-state index is 0.00613. The molecule has 0 aromatic carbocycles. The summed E-state index contributed by atoms with van der Waals surface area (Å²) in [4.78, 5) is 15.2. The van der Waals surface area contributed by atoms with Crippen molar-refractivity contribution < 1.29 is 9.90 Å². The Hall–Kier alpha value is -0.810. The Kier molecular flexibility index (Phi) is 3.32. The molecule has 0 aromatic rings. The van der Waals surface area contributed by atoms with Gasteiger partial charge in [-0.2, -0.15) is 0 Å². The predicted molar refractivity (Wildman–Crippen MR) is 66.2 cm³/mol. The summed E-state index contributed by atoms with van der Waals surface area (Å²) in [6.45, 7) is 11.1. The number of carbonyl (C=O) groups is 1. The van der Waals surface area contributed by atoms with Gasteiger partial charge in [0.1, 0.15) is 0 Å². The Bertz CT molecular complexity index is 295. The van der Waals surface area contributed by atoms with Crippen molar-refractivity contribution in [1.82, 2.24) is 15.1 Å². The Labute approximate surface area is 103 Å². The van der Waals surface area contributed by atoms with Crippen molar-refractivity contribution in [2.24, 2.45) is 5.41 Å². The molecule has 0 bridgehead atoms. The number of likely N-dealkylation sites (tertiary alicyclic amines) is 1. The highest BCUT2D eigenvalue weighted by Crippen LogP contribution is 2.36. The minimum Gasteiger partial charge on any atom is -0.465 e. The number of hydrogen-bond acceptors (Lipinski definition) is 3. The van der Waals surface area contributed by atoms with Crippen LogP contribution in [0.5, 0.6) is 0 Å². The van der Waals surface area contributed by atoms with E-state index in [1.807, 2.05) is 0 Å². The number of carboxylic acid groups (broad SMARTS) is 1. The molecule has 2 saturated heterocycles. The van der Waals surface area contributed by atoms with Gasteiger partial charge in [0.2, 0.25) is 0 Å². The van der Waals surface area contributed by atoms with E-state index in [2.05, 4.69) is 31.0 Å². The van der Waals surface area contributed by atoms with E-state index in [1.54, 1.807) is 4.90 Å². The summed E-state index contributed by atoms with van der Waals surface area (Å²) in [7, 11) is 0. The van der Waals surface area contributed by atoms with Crippen LogP contribution in [0.4, 0.5) is 4.79 Å². The summed E-state index contributed by atoms with van der Waals surface area (Å²) in [5.74, 6) is 0. The molecule has 2 N–H and O–H groups in total. The molecule has 0 saturated carbocycles. The third-order valence-corrected chi connectivity index (χ3v) is 3.84. The zero-order valence-electron chi connectivity index (χ0n) is 10.9. The SMILES string of the molecule is CC(C)(C)C1C(N2CCNCC2)CN1C(=O)O. The maximum atomic E-state index is 11.2. The molecule has 2 aliphatic heterocycles. The van der Waals surface area contributed by atoms with E-state index in [-0.39, 0.29) is 11.5 Å². The van der Waals surface area contributed by atoms with Crippen LogP contribution in [0.2, 0.25) is 0 Å². The van der Waals surface area contributed by atoms with Crippen molar-refractivity contribution in [3.05, 3.63) is 0 Å². The summed E-state index contributed by atoms with van der Waals surface area (Å²) >= 11 is 0. The average Bonchev–Trinajstić information content (AvgIpc) is 2.14. The zero-order valence-corrected chi connectivity index (χ0v) is 10.9. The first-order valence-electron chi connectivity index (χ1n) is 6.35. The first-order valence-corrected chi connectivity index (χ1v) is 6.35. The van der Waals surface area contributed by atoms with Crippen molar-refractivity contribution in [1.29, 1.82) is 0 Å². The zero-order chi connectivity index (χ0) is 12.6. The van der Waals surface area contributed by atoms with Gasteiger partial charge in [-0.25, -0.2) is 4.79 Å². The quantitative estimate of drug-likeness (QED) is 0.708. The molecule has 2 fully saturated rings. The highest BCUT2D eigenvalue weighted by Gasteiger charge is 2.50. The molecule has 17 heavy (non-hydrogen) atoms. The lowest BCUT2D eigenvalue weighted by molar-refractivity contribution is -0.0665. The van der Waals surface area contributed by atoms with E-state index in [4.69, 9.17) is 0 Å². The molecule has 0 aromatic heterocycles. The van der Waals surface area contributed by atoms with Gasteiger partial charge < -0.3 is 15.3 Å². The predicted octanol–water partition coefficient (Wildman–Crippen LogP) is 0.669. The third kappa shape index (κ3) is 2.40. The van der Waals surface area contributed by atoms with Crippen LogP contribution in [-0.2, 0) is 0 Å². The number of nitrogens with one attached hydrogen (secondary N) is 1. The van der Waals surface area contributed by atoms with Gasteiger partial charge in [0, 0.05) is 38.8 Å². The molecule has 0 aliphatic carbocycles. The molecule has 2 unspecified atom stereocenters. The van der Waals surface area contributed by atoms with Crippen molar-refractivity contribution in [2.45, 2.75) is 32.9 Å². The molecule has 0 spiro atoms. The van der Waals surface area contributed by atoms with Gasteiger partial charge >= 0.3 is 6.09 Å². The summed E-state index contributed by atoms with van der Waals surface area (Å²) < 4.78 is 0. The van der Waals surface area contributed by atoms with E-state index >= 15 is 0 Å². The summed E-state index contributed by atoms with van der Waals surface area (Å²) in [6.07, 6.45) is -0.781. The Morgan fingerprint density at radius 1 is 1.29 bits per heavy atom. The second kappa shape index (κ2) is 4.46. The summed E-state index contributed by atoms with van der Waals surface area (Å²) in [6, 6.07) is 0.520. The van der Waals surface area contributed by atoms with Crippen LogP contribution in [0, 0.1) is 5.41 Å². The normalized spacial score (nSPS) is 31.1. The second-order valence-electron chi connectivity index (χ2n) is 6.10. The Morgan fingerprint density at radius 3 is 2.35 bits per heavy atom. The highest BCUT2D eigenvalue weighted by molar-refractivity contribution is 5.67. The molecule has 2 rings (SSSR count). The fourth-order valence-electron chi connectivity index (χ4n) is 3.06. The number of piperazine rings is 1. The van der Waals surface area contributed by atoms with Gasteiger partial charge in [0.25, 0.3) is 0 Å². The van der Waals surface area contributed by atoms with E-state index in [9.17, 15) is 9.90 Å². The van der Waals surface area contributed by atoms with E-state index < -0.39 is 6.09 Å². The van der Waals surface area contributed by atoms with E-state index in [0.29, 0.717) is 12.6 Å². The van der Waals surface area contributed by atoms with Crippen molar-refractivity contribution in [3.63, 3.8) is 0 Å². The molecule has 5 nitrogen and oxygen atoms in total. The lowest BCUT2D eigenvalue weighted by Gasteiger charge is -2.57. The Balaban J connectivity index is 2.06. The van der Waals surface area contributed by atoms with Gasteiger partial charge in [0.05, 0.1) is 6.04 Å². The highest BCUT2D eigenvalue weighted by atomic mass is 16.4. The van der Waals surface area contributed by atoms with Gasteiger partial charge in [-0.3, -0.25) is 4.90 Å². The smallest absolute Gasteiger partial charge is 0.407 e. The van der Waals surface area contributed by atoms with Crippen LogP contribution in [-0.4, -0.2) is 65.8 Å². The molecule has 2 atom stereocenters. The Morgan fingerprint density at radius 2 is 1.88 bits per heavy atom. The molecule has 98 valence electrons. The van der Waals surface area contributed by atoms with Gasteiger partial charge in [-0.05, 0) is 5.41 Å². The van der Waals surface area contributed by atoms with Gasteiger partial charge in [-0.1, -0.05) is 20.8 Å². The van der Waals surface area contributed by atoms with Crippen LogP contribution in [0.3, 0.4) is 0 Å². The summed E-state index contributed by atoms with van der Waals surface area (Å²) in [5.41, 5.74) is 0.00613. The lowest BCUT2D eigenvalue weighted by Crippen LogP contribution is -2.73. The molecule has 2 heterocycles. The fraction of sp³-hybridized carbons (Fsp3) is 0.917. The van der Waals surface area contributed by atoms with Gasteiger partial charge in [-0.15, -0.1) is 0 Å². The van der Waals surface area contributed by atoms with Crippen LogP contribution < -0.4 is 5.32 Å². The largest absolute Gasteiger partial charge is 0.465 e. The third-order valence-electron chi connectivity index (χ3n) is 3.84. The number of amides is 1. The van der Waals surface area contributed by atoms with Crippen LogP contribution in [0.1, 0.15) is 20.8 Å². The number of nitrogens with zero attached hydrogens (tertiary/aromatic N) is 2. The second-order valence-corrected chi connectivity index (χ2v) is 6.10. The number of rotatable bonds is 1. The van der Waals surface area contributed by atoms with Crippen molar-refractivity contribution in [3.8, 4) is 0 Å². The first-order chi connectivity index (χ1) is 7.91. The van der Waals surface area contributed by atoms with Crippen LogP contribution in [0.25, 0.3) is 0 Å². The molecule has 5 heteroatoms. The standard InChI is InChI=1S/C12H23N3O2/c1-12(2,3)10-9(8-15(10)11(16)17)14-6-4-13-5-7-14/h9-10,13H,4-8H2,1-3H3,(H,16,17). The maximum Gasteiger partial charge on any atom is 0.407 e.